The summed E-state index contributed by atoms with van der Waals surface area (Å²) >= 11 is 0. The predicted molar refractivity (Wildman–Crippen MR) is 115 cm³/mol. The van der Waals surface area contributed by atoms with Gasteiger partial charge in [-0.2, -0.15) is 0 Å². The molecule has 0 aromatic heterocycles. The molecule has 1 saturated heterocycles. The minimum absolute atomic E-state index is 0.358. The fourth-order valence-electron chi connectivity index (χ4n) is 3.37. The van der Waals surface area contributed by atoms with Gasteiger partial charge in [-0.1, -0.05) is 30.3 Å². The molecule has 7 heteroatoms. The summed E-state index contributed by atoms with van der Waals surface area (Å²) in [5, 5.41) is 3.43. The molecule has 0 saturated carbocycles. The van der Waals surface area contributed by atoms with Crippen molar-refractivity contribution in [3.63, 3.8) is 0 Å². The van der Waals surface area contributed by atoms with Gasteiger partial charge in [-0.25, -0.2) is 8.42 Å². The average Bonchev–Trinajstić information content (AvgIpc) is 2.72. The lowest BCUT2D eigenvalue weighted by molar-refractivity contribution is 0.373. The highest BCUT2D eigenvalue weighted by Crippen LogP contribution is 2.15. The van der Waals surface area contributed by atoms with E-state index in [0.717, 1.165) is 50.7 Å². The normalized spacial score (nSPS) is 15.6. The lowest BCUT2D eigenvalue weighted by Crippen LogP contribution is -2.52. The van der Waals surface area contributed by atoms with E-state index in [2.05, 4.69) is 44.4 Å². The molecule has 2 aromatic carbocycles. The molecule has 0 radical (unpaired) electrons. The first kappa shape index (κ1) is 20.2. The van der Waals surface area contributed by atoms with Crippen LogP contribution in [0.3, 0.4) is 0 Å². The van der Waals surface area contributed by atoms with E-state index in [1.54, 1.807) is 12.1 Å². The molecule has 1 fully saturated rings. The first-order chi connectivity index (χ1) is 13.5. The van der Waals surface area contributed by atoms with Crippen LogP contribution in [0.4, 0.5) is 5.69 Å². The Hall–Kier alpha value is -2.54. The van der Waals surface area contributed by atoms with E-state index in [0.29, 0.717) is 4.90 Å². The standard InChI is InChI=1S/C21H28N4O2S/c1-22-21(23-13-12-18-8-10-20(11-9-18)28(2,26)27)25-16-14-24(15-17-25)19-6-4-3-5-7-19/h3-11H,12-17H2,1-2H3,(H,22,23). The highest BCUT2D eigenvalue weighted by Gasteiger charge is 2.19. The van der Waals surface area contributed by atoms with Gasteiger partial charge in [0.2, 0.25) is 0 Å². The molecule has 0 atom stereocenters. The van der Waals surface area contributed by atoms with Crippen LogP contribution in [0.15, 0.2) is 64.5 Å². The Morgan fingerprint density at radius 3 is 2.21 bits per heavy atom. The summed E-state index contributed by atoms with van der Waals surface area (Å²) in [4.78, 5) is 9.46. The minimum Gasteiger partial charge on any atom is -0.368 e. The van der Waals surface area contributed by atoms with Crippen LogP contribution in [-0.4, -0.2) is 65.3 Å². The maximum atomic E-state index is 11.5. The van der Waals surface area contributed by atoms with Crippen LogP contribution < -0.4 is 10.2 Å². The number of rotatable bonds is 5. The Morgan fingerprint density at radius 2 is 1.64 bits per heavy atom. The van der Waals surface area contributed by atoms with Gasteiger partial charge in [0.1, 0.15) is 0 Å². The summed E-state index contributed by atoms with van der Waals surface area (Å²) < 4.78 is 23.1. The molecular formula is C21H28N4O2S. The molecular weight excluding hydrogens is 372 g/mol. The van der Waals surface area contributed by atoms with Crippen molar-refractivity contribution in [2.75, 3.05) is 50.9 Å². The zero-order chi connectivity index (χ0) is 20.0. The maximum Gasteiger partial charge on any atom is 0.193 e. The van der Waals surface area contributed by atoms with Crippen LogP contribution >= 0.6 is 0 Å². The van der Waals surface area contributed by atoms with Crippen LogP contribution in [-0.2, 0) is 16.3 Å². The van der Waals surface area contributed by atoms with Gasteiger partial charge in [0.05, 0.1) is 4.90 Å². The highest BCUT2D eigenvalue weighted by atomic mass is 32.2. The second-order valence-corrected chi connectivity index (χ2v) is 8.97. The lowest BCUT2D eigenvalue weighted by atomic mass is 10.1. The van der Waals surface area contributed by atoms with Gasteiger partial charge >= 0.3 is 0 Å². The maximum absolute atomic E-state index is 11.5. The first-order valence-corrected chi connectivity index (χ1v) is 11.4. The van der Waals surface area contributed by atoms with Crippen molar-refractivity contribution in [3.05, 3.63) is 60.2 Å². The Morgan fingerprint density at radius 1 is 1.00 bits per heavy atom. The van der Waals surface area contributed by atoms with E-state index in [9.17, 15) is 8.42 Å². The number of nitrogens with zero attached hydrogens (tertiary/aromatic N) is 3. The quantitative estimate of drug-likeness (QED) is 0.615. The molecule has 150 valence electrons. The number of piperazine rings is 1. The first-order valence-electron chi connectivity index (χ1n) is 9.52. The third-order valence-electron chi connectivity index (χ3n) is 4.96. The summed E-state index contributed by atoms with van der Waals surface area (Å²) in [7, 11) is -1.33. The topological polar surface area (TPSA) is 65.0 Å². The number of anilines is 1. The zero-order valence-corrected chi connectivity index (χ0v) is 17.3. The van der Waals surface area contributed by atoms with Gasteiger partial charge in [-0.05, 0) is 36.2 Å². The summed E-state index contributed by atoms with van der Waals surface area (Å²) in [6.45, 7) is 4.55. The second kappa shape index (κ2) is 9.10. The molecule has 0 aliphatic carbocycles. The number of nitrogens with one attached hydrogen (secondary N) is 1. The summed E-state index contributed by atoms with van der Waals surface area (Å²) in [5.74, 6) is 0.917. The van der Waals surface area contributed by atoms with Gasteiger partial charge in [-0.15, -0.1) is 0 Å². The number of benzene rings is 2. The van der Waals surface area contributed by atoms with Crippen molar-refractivity contribution in [2.24, 2.45) is 4.99 Å². The fraction of sp³-hybridized carbons (Fsp3) is 0.381. The molecule has 28 heavy (non-hydrogen) atoms. The van der Waals surface area contributed by atoms with Gasteiger partial charge in [-0.3, -0.25) is 4.99 Å². The molecule has 0 amide bonds. The largest absolute Gasteiger partial charge is 0.368 e. The van der Waals surface area contributed by atoms with E-state index in [1.165, 1.54) is 11.9 Å². The summed E-state index contributed by atoms with van der Waals surface area (Å²) in [5.41, 5.74) is 2.37. The van der Waals surface area contributed by atoms with Crippen molar-refractivity contribution in [1.29, 1.82) is 0 Å². The van der Waals surface area contributed by atoms with E-state index in [-0.39, 0.29) is 0 Å². The lowest BCUT2D eigenvalue weighted by Gasteiger charge is -2.37. The Kier molecular flexibility index (Phi) is 6.57. The minimum atomic E-state index is -3.14. The predicted octanol–water partition coefficient (Wildman–Crippen LogP) is 2.03. The Balaban J connectivity index is 1.48. The Bertz CT molecular complexity index is 888. The van der Waals surface area contributed by atoms with Crippen LogP contribution in [0.5, 0.6) is 0 Å². The molecule has 1 N–H and O–H groups in total. The Labute approximate surface area is 167 Å². The molecule has 3 rings (SSSR count). The fourth-order valence-corrected chi connectivity index (χ4v) is 4.00. The number of guanidine groups is 1. The van der Waals surface area contributed by atoms with Crippen molar-refractivity contribution >= 4 is 21.5 Å². The molecule has 1 aliphatic heterocycles. The third-order valence-corrected chi connectivity index (χ3v) is 6.09. The van der Waals surface area contributed by atoms with E-state index >= 15 is 0 Å². The van der Waals surface area contributed by atoms with Gasteiger partial charge < -0.3 is 15.1 Å². The van der Waals surface area contributed by atoms with Gasteiger partial charge in [0.15, 0.2) is 15.8 Å². The third kappa shape index (κ3) is 5.25. The van der Waals surface area contributed by atoms with E-state index in [1.807, 2.05) is 25.2 Å². The molecule has 0 spiro atoms. The number of sulfone groups is 1. The molecule has 0 unspecified atom stereocenters. The zero-order valence-electron chi connectivity index (χ0n) is 16.5. The van der Waals surface area contributed by atoms with Crippen LogP contribution in [0, 0.1) is 0 Å². The number of para-hydroxylation sites is 1. The molecule has 6 nitrogen and oxygen atoms in total. The molecule has 0 bridgehead atoms. The second-order valence-electron chi connectivity index (χ2n) is 6.95. The van der Waals surface area contributed by atoms with E-state index in [4.69, 9.17) is 0 Å². The van der Waals surface area contributed by atoms with Crippen molar-refractivity contribution in [3.8, 4) is 0 Å². The number of hydrogen-bond donors (Lipinski definition) is 1. The monoisotopic (exact) mass is 400 g/mol. The van der Waals surface area contributed by atoms with Crippen LogP contribution in [0.25, 0.3) is 0 Å². The van der Waals surface area contributed by atoms with Crippen molar-refractivity contribution < 1.29 is 8.42 Å². The molecule has 1 aliphatic rings. The number of aliphatic imine (C=N–C) groups is 1. The smallest absolute Gasteiger partial charge is 0.193 e. The number of hydrogen-bond acceptors (Lipinski definition) is 4. The average molecular weight is 401 g/mol. The summed E-state index contributed by atoms with van der Waals surface area (Å²) in [6, 6.07) is 17.6. The SMILES string of the molecule is CN=C(NCCc1ccc(S(C)(=O)=O)cc1)N1CCN(c2ccccc2)CC1. The van der Waals surface area contributed by atoms with Gasteiger partial charge in [0, 0.05) is 51.7 Å². The highest BCUT2D eigenvalue weighted by molar-refractivity contribution is 7.90. The molecule has 2 aromatic rings. The van der Waals surface area contributed by atoms with Gasteiger partial charge in [0.25, 0.3) is 0 Å². The van der Waals surface area contributed by atoms with Crippen LogP contribution in [0.1, 0.15) is 5.56 Å². The van der Waals surface area contributed by atoms with Crippen molar-refractivity contribution in [2.45, 2.75) is 11.3 Å². The molecule has 1 heterocycles. The van der Waals surface area contributed by atoms with Crippen molar-refractivity contribution in [1.82, 2.24) is 10.2 Å². The summed E-state index contributed by atoms with van der Waals surface area (Å²) in [6.07, 6.45) is 2.04. The van der Waals surface area contributed by atoms with Crippen LogP contribution in [0.2, 0.25) is 0 Å². The van der Waals surface area contributed by atoms with E-state index < -0.39 is 9.84 Å².